The largest absolute Gasteiger partial charge is 0.586 e. The Morgan fingerprint density at radius 3 is 2.52 bits per heavy atom. The average Bonchev–Trinajstić information content (AvgIpc) is 3.14. The number of piperazine rings is 1. The van der Waals surface area contributed by atoms with E-state index in [2.05, 4.69) is 19.7 Å². The standard InChI is InChI=1S/C17H22F2N2O2/c18-17(19)22-14-6-5-13(11-15(14)23-17)16(12-3-1-2-4-12)21-9-7-20-8-10-21/h5-6,11-12,16,20H,1-4,7-10H2/t16-/m1/s1. The zero-order valence-corrected chi connectivity index (χ0v) is 13.1. The molecule has 1 atom stereocenters. The van der Waals surface area contributed by atoms with Crippen molar-refractivity contribution in [1.82, 2.24) is 10.2 Å². The van der Waals surface area contributed by atoms with Crippen LogP contribution in [-0.4, -0.2) is 37.4 Å². The van der Waals surface area contributed by atoms with E-state index in [4.69, 9.17) is 0 Å². The van der Waals surface area contributed by atoms with Crippen LogP contribution in [0.4, 0.5) is 8.78 Å². The van der Waals surface area contributed by atoms with Gasteiger partial charge in [0, 0.05) is 32.2 Å². The minimum Gasteiger partial charge on any atom is -0.395 e. The van der Waals surface area contributed by atoms with Crippen LogP contribution in [-0.2, 0) is 0 Å². The highest BCUT2D eigenvalue weighted by atomic mass is 19.3. The summed E-state index contributed by atoms with van der Waals surface area (Å²) in [5.74, 6) is 0.879. The van der Waals surface area contributed by atoms with Gasteiger partial charge < -0.3 is 14.8 Å². The number of nitrogens with zero attached hydrogens (tertiary/aromatic N) is 1. The van der Waals surface area contributed by atoms with Crippen molar-refractivity contribution in [1.29, 1.82) is 0 Å². The third-order valence-corrected chi connectivity index (χ3v) is 5.16. The summed E-state index contributed by atoms with van der Waals surface area (Å²) in [6, 6.07) is 5.58. The first kappa shape index (κ1) is 15.1. The summed E-state index contributed by atoms with van der Waals surface area (Å²) < 4.78 is 35.7. The van der Waals surface area contributed by atoms with Crippen molar-refractivity contribution in [2.24, 2.45) is 5.92 Å². The van der Waals surface area contributed by atoms with Crippen LogP contribution in [0.5, 0.6) is 11.5 Å². The number of benzene rings is 1. The summed E-state index contributed by atoms with van der Waals surface area (Å²) in [5.41, 5.74) is 1.07. The molecule has 0 amide bonds. The van der Waals surface area contributed by atoms with Crippen LogP contribution in [0.25, 0.3) is 0 Å². The van der Waals surface area contributed by atoms with Gasteiger partial charge in [0.05, 0.1) is 0 Å². The van der Waals surface area contributed by atoms with Crippen LogP contribution in [0, 0.1) is 5.92 Å². The SMILES string of the molecule is FC1(F)Oc2ccc([C@@H](C3CCCC3)N3CCNCC3)cc2O1. The van der Waals surface area contributed by atoms with Crippen LogP contribution >= 0.6 is 0 Å². The number of hydrogen-bond donors (Lipinski definition) is 1. The van der Waals surface area contributed by atoms with Crippen molar-refractivity contribution in [3.8, 4) is 11.5 Å². The molecule has 2 fully saturated rings. The van der Waals surface area contributed by atoms with Crippen LogP contribution < -0.4 is 14.8 Å². The molecule has 1 aromatic rings. The number of ether oxygens (including phenoxy) is 2. The number of halogens is 2. The molecule has 1 saturated carbocycles. The predicted octanol–water partition coefficient (Wildman–Crippen LogP) is 3.14. The van der Waals surface area contributed by atoms with Crippen molar-refractivity contribution in [2.75, 3.05) is 26.2 Å². The quantitative estimate of drug-likeness (QED) is 0.926. The van der Waals surface area contributed by atoms with Crippen LogP contribution in [0.3, 0.4) is 0 Å². The van der Waals surface area contributed by atoms with Crippen LogP contribution in [0.15, 0.2) is 18.2 Å². The lowest BCUT2D eigenvalue weighted by Crippen LogP contribution is -2.46. The Kier molecular flexibility index (Phi) is 3.89. The Bertz CT molecular complexity index is 570. The molecule has 0 radical (unpaired) electrons. The summed E-state index contributed by atoms with van der Waals surface area (Å²) >= 11 is 0. The first-order valence-electron chi connectivity index (χ1n) is 8.47. The molecule has 1 saturated heterocycles. The van der Waals surface area contributed by atoms with E-state index in [9.17, 15) is 8.78 Å². The maximum Gasteiger partial charge on any atom is 0.586 e. The molecular formula is C17H22F2N2O2. The maximum atomic E-state index is 13.3. The van der Waals surface area contributed by atoms with Crippen molar-refractivity contribution in [3.05, 3.63) is 23.8 Å². The molecule has 1 aromatic carbocycles. The fourth-order valence-electron chi connectivity index (χ4n) is 4.16. The van der Waals surface area contributed by atoms with Gasteiger partial charge in [-0.05, 0) is 36.5 Å². The number of hydrogen-bond acceptors (Lipinski definition) is 4. The fraction of sp³-hybridized carbons (Fsp3) is 0.647. The highest BCUT2D eigenvalue weighted by molar-refractivity contribution is 5.46. The van der Waals surface area contributed by atoms with Crippen molar-refractivity contribution in [2.45, 2.75) is 38.0 Å². The first-order valence-corrected chi connectivity index (χ1v) is 8.47. The van der Waals surface area contributed by atoms with Gasteiger partial charge in [-0.2, -0.15) is 0 Å². The second-order valence-electron chi connectivity index (χ2n) is 6.65. The second-order valence-corrected chi connectivity index (χ2v) is 6.65. The maximum absolute atomic E-state index is 13.3. The molecule has 23 heavy (non-hydrogen) atoms. The van der Waals surface area contributed by atoms with Crippen LogP contribution in [0.1, 0.15) is 37.3 Å². The predicted molar refractivity (Wildman–Crippen MR) is 81.8 cm³/mol. The van der Waals surface area contributed by atoms with Gasteiger partial charge in [0.25, 0.3) is 0 Å². The van der Waals surface area contributed by atoms with Gasteiger partial charge in [0.2, 0.25) is 0 Å². The Hall–Kier alpha value is -1.40. The third-order valence-electron chi connectivity index (χ3n) is 5.16. The Labute approximate surface area is 134 Å². The average molecular weight is 324 g/mol. The number of fused-ring (bicyclic) bond motifs is 1. The highest BCUT2D eigenvalue weighted by Crippen LogP contribution is 2.45. The zero-order valence-electron chi connectivity index (χ0n) is 13.1. The number of alkyl halides is 2. The Morgan fingerprint density at radius 1 is 1.09 bits per heavy atom. The van der Waals surface area contributed by atoms with E-state index in [1.165, 1.54) is 25.7 Å². The molecule has 6 heteroatoms. The van der Waals surface area contributed by atoms with E-state index >= 15 is 0 Å². The molecule has 3 aliphatic rings. The van der Waals surface area contributed by atoms with Crippen molar-refractivity contribution < 1.29 is 18.3 Å². The minimum absolute atomic E-state index is 0.129. The molecule has 0 aromatic heterocycles. The monoisotopic (exact) mass is 324 g/mol. The van der Waals surface area contributed by atoms with Gasteiger partial charge in [-0.3, -0.25) is 4.90 Å². The van der Waals surface area contributed by atoms with E-state index in [0.717, 1.165) is 31.7 Å². The molecule has 1 N–H and O–H groups in total. The van der Waals surface area contributed by atoms with Gasteiger partial charge in [0.1, 0.15) is 0 Å². The topological polar surface area (TPSA) is 33.7 Å². The highest BCUT2D eigenvalue weighted by Gasteiger charge is 2.44. The zero-order chi connectivity index (χ0) is 15.9. The van der Waals surface area contributed by atoms with E-state index in [0.29, 0.717) is 5.92 Å². The fourth-order valence-corrected chi connectivity index (χ4v) is 4.16. The van der Waals surface area contributed by atoms with Crippen LogP contribution in [0.2, 0.25) is 0 Å². The van der Waals surface area contributed by atoms with E-state index in [1.54, 1.807) is 12.1 Å². The van der Waals surface area contributed by atoms with Gasteiger partial charge in [-0.1, -0.05) is 18.9 Å². The second kappa shape index (κ2) is 5.91. The lowest BCUT2D eigenvalue weighted by atomic mass is 9.89. The molecular weight excluding hydrogens is 302 g/mol. The minimum atomic E-state index is -3.54. The summed E-state index contributed by atoms with van der Waals surface area (Å²) in [5, 5.41) is 3.38. The van der Waals surface area contributed by atoms with Gasteiger partial charge >= 0.3 is 6.29 Å². The van der Waals surface area contributed by atoms with Gasteiger partial charge in [0.15, 0.2) is 11.5 Å². The van der Waals surface area contributed by atoms with Crippen molar-refractivity contribution in [3.63, 3.8) is 0 Å². The van der Waals surface area contributed by atoms with E-state index < -0.39 is 6.29 Å². The molecule has 1 aliphatic carbocycles. The summed E-state index contributed by atoms with van der Waals surface area (Å²) in [6.45, 7) is 3.94. The summed E-state index contributed by atoms with van der Waals surface area (Å²) in [6.07, 6.45) is 1.39. The molecule has 0 unspecified atom stereocenters. The molecule has 2 heterocycles. The van der Waals surface area contributed by atoms with Crippen molar-refractivity contribution >= 4 is 0 Å². The Balaban J connectivity index is 1.64. The number of rotatable bonds is 3. The smallest absolute Gasteiger partial charge is 0.395 e. The molecule has 2 aliphatic heterocycles. The summed E-state index contributed by atoms with van der Waals surface area (Å²) in [4.78, 5) is 2.49. The summed E-state index contributed by atoms with van der Waals surface area (Å²) in [7, 11) is 0. The lowest BCUT2D eigenvalue weighted by Gasteiger charge is -2.38. The first-order chi connectivity index (χ1) is 11.1. The molecule has 126 valence electrons. The lowest BCUT2D eigenvalue weighted by molar-refractivity contribution is -0.286. The van der Waals surface area contributed by atoms with Gasteiger partial charge in [-0.25, -0.2) is 0 Å². The molecule has 0 bridgehead atoms. The van der Waals surface area contributed by atoms with E-state index in [1.807, 2.05) is 6.07 Å². The third kappa shape index (κ3) is 3.02. The van der Waals surface area contributed by atoms with Gasteiger partial charge in [-0.15, -0.1) is 8.78 Å². The Morgan fingerprint density at radius 2 is 1.78 bits per heavy atom. The molecule has 0 spiro atoms. The molecule has 4 nitrogen and oxygen atoms in total. The normalized spacial score (nSPS) is 25.7. The van der Waals surface area contributed by atoms with E-state index in [-0.39, 0.29) is 17.5 Å². The number of nitrogens with one attached hydrogen (secondary N) is 1. The molecule has 4 rings (SSSR count).